The van der Waals surface area contributed by atoms with E-state index < -0.39 is 12.1 Å². The Morgan fingerprint density at radius 1 is 1.21 bits per heavy atom. The molecular formula is C8H13F3O3. The van der Waals surface area contributed by atoms with Crippen molar-refractivity contribution in [2.24, 2.45) is 0 Å². The Balaban J connectivity index is 3.33. The van der Waals surface area contributed by atoms with Gasteiger partial charge in [0.2, 0.25) is 0 Å². The molecule has 0 N–H and O–H groups in total. The summed E-state index contributed by atoms with van der Waals surface area (Å²) in [5.74, 6) is -2.13. The maximum atomic E-state index is 11.6. The predicted molar refractivity (Wildman–Crippen MR) is 42.7 cm³/mol. The molecule has 0 amide bonds. The van der Waals surface area contributed by atoms with E-state index in [-0.39, 0.29) is 6.61 Å². The zero-order chi connectivity index (χ0) is 11.0. The highest BCUT2D eigenvalue weighted by Crippen LogP contribution is 2.16. The van der Waals surface area contributed by atoms with Crippen molar-refractivity contribution in [2.75, 3.05) is 19.8 Å². The number of alkyl halides is 3. The fourth-order valence-corrected chi connectivity index (χ4v) is 0.697. The number of carbonyl (C=O) groups is 1. The van der Waals surface area contributed by atoms with E-state index in [9.17, 15) is 18.0 Å². The second-order valence-corrected chi connectivity index (χ2v) is 2.54. The Morgan fingerprint density at radius 2 is 1.79 bits per heavy atom. The van der Waals surface area contributed by atoms with Crippen LogP contribution in [0.4, 0.5) is 13.2 Å². The number of hydrogen-bond donors (Lipinski definition) is 0. The molecule has 0 fully saturated rings. The van der Waals surface area contributed by atoms with Crippen molar-refractivity contribution in [1.29, 1.82) is 0 Å². The van der Waals surface area contributed by atoms with Crippen LogP contribution >= 0.6 is 0 Å². The SMILES string of the molecule is CCOCCCCOC(=O)C(F)(F)F. The molecule has 6 heteroatoms. The molecule has 0 bridgehead atoms. The van der Waals surface area contributed by atoms with Crippen LogP contribution in [0.3, 0.4) is 0 Å². The van der Waals surface area contributed by atoms with Crippen molar-refractivity contribution in [3.63, 3.8) is 0 Å². The highest BCUT2D eigenvalue weighted by molar-refractivity contribution is 5.75. The second-order valence-electron chi connectivity index (χ2n) is 2.54. The molecule has 0 radical (unpaired) electrons. The van der Waals surface area contributed by atoms with E-state index in [0.717, 1.165) is 0 Å². The zero-order valence-electron chi connectivity index (χ0n) is 7.89. The van der Waals surface area contributed by atoms with Gasteiger partial charge in [0.25, 0.3) is 0 Å². The number of halogens is 3. The largest absolute Gasteiger partial charge is 0.490 e. The Labute approximate surface area is 80.2 Å². The van der Waals surface area contributed by atoms with Crippen molar-refractivity contribution in [3.8, 4) is 0 Å². The van der Waals surface area contributed by atoms with Gasteiger partial charge in [-0.25, -0.2) is 4.79 Å². The van der Waals surface area contributed by atoms with Gasteiger partial charge in [-0.3, -0.25) is 0 Å². The average molecular weight is 214 g/mol. The van der Waals surface area contributed by atoms with Crippen LogP contribution in [0.1, 0.15) is 19.8 Å². The summed E-state index contributed by atoms with van der Waals surface area (Å²) in [6, 6.07) is 0. The number of rotatable bonds is 6. The minimum atomic E-state index is -4.89. The maximum absolute atomic E-state index is 11.6. The van der Waals surface area contributed by atoms with Crippen LogP contribution < -0.4 is 0 Å². The zero-order valence-corrected chi connectivity index (χ0v) is 7.89. The van der Waals surface area contributed by atoms with Crippen LogP contribution in [0.2, 0.25) is 0 Å². The molecule has 0 rings (SSSR count). The highest BCUT2D eigenvalue weighted by Gasteiger charge is 2.40. The summed E-state index contributed by atoms with van der Waals surface area (Å²) >= 11 is 0. The topological polar surface area (TPSA) is 35.5 Å². The van der Waals surface area contributed by atoms with Crippen LogP contribution in [0.15, 0.2) is 0 Å². The van der Waals surface area contributed by atoms with Crippen LogP contribution in [0, 0.1) is 0 Å². The van der Waals surface area contributed by atoms with Crippen LogP contribution in [0.25, 0.3) is 0 Å². The Morgan fingerprint density at radius 3 is 2.29 bits per heavy atom. The number of ether oxygens (including phenoxy) is 2. The molecule has 0 heterocycles. The van der Waals surface area contributed by atoms with Gasteiger partial charge in [-0.15, -0.1) is 0 Å². The smallest absolute Gasteiger partial charge is 0.459 e. The molecule has 0 atom stereocenters. The van der Waals surface area contributed by atoms with Crippen molar-refractivity contribution in [2.45, 2.75) is 25.9 Å². The van der Waals surface area contributed by atoms with Gasteiger partial charge >= 0.3 is 12.1 Å². The molecule has 0 unspecified atom stereocenters. The first-order valence-corrected chi connectivity index (χ1v) is 4.30. The minimum Gasteiger partial charge on any atom is -0.459 e. The van der Waals surface area contributed by atoms with Crippen molar-refractivity contribution >= 4 is 5.97 Å². The van der Waals surface area contributed by atoms with Gasteiger partial charge in [0.1, 0.15) is 0 Å². The lowest BCUT2D eigenvalue weighted by atomic mass is 10.3. The molecule has 14 heavy (non-hydrogen) atoms. The molecule has 0 aromatic rings. The molecule has 0 spiro atoms. The fourth-order valence-electron chi connectivity index (χ4n) is 0.697. The van der Waals surface area contributed by atoms with Gasteiger partial charge in [0.15, 0.2) is 0 Å². The summed E-state index contributed by atoms with van der Waals surface area (Å²) in [6.07, 6.45) is -3.93. The predicted octanol–water partition coefficient (Wildman–Crippen LogP) is 1.91. The molecule has 0 saturated carbocycles. The van der Waals surface area contributed by atoms with Gasteiger partial charge in [-0.1, -0.05) is 0 Å². The Kier molecular flexibility index (Phi) is 6.27. The summed E-state index contributed by atoms with van der Waals surface area (Å²) < 4.78 is 43.7. The molecule has 0 saturated heterocycles. The lowest BCUT2D eigenvalue weighted by Crippen LogP contribution is -2.25. The lowest BCUT2D eigenvalue weighted by Gasteiger charge is -2.06. The van der Waals surface area contributed by atoms with Gasteiger partial charge in [-0.05, 0) is 19.8 Å². The minimum absolute atomic E-state index is 0.217. The molecule has 0 aromatic carbocycles. The fraction of sp³-hybridized carbons (Fsp3) is 0.875. The maximum Gasteiger partial charge on any atom is 0.490 e. The van der Waals surface area contributed by atoms with Crippen LogP contribution in [0.5, 0.6) is 0 Å². The van der Waals surface area contributed by atoms with E-state index in [1.807, 2.05) is 6.92 Å². The summed E-state index contributed by atoms with van der Waals surface area (Å²) in [5.41, 5.74) is 0. The van der Waals surface area contributed by atoms with Gasteiger partial charge in [0.05, 0.1) is 6.61 Å². The number of carbonyl (C=O) groups excluding carboxylic acids is 1. The van der Waals surface area contributed by atoms with E-state index >= 15 is 0 Å². The number of esters is 1. The molecule has 0 aromatic heterocycles. The standard InChI is InChI=1S/C8H13F3O3/c1-2-13-5-3-4-6-14-7(12)8(9,10)11/h2-6H2,1H3. The van der Waals surface area contributed by atoms with E-state index in [0.29, 0.717) is 26.1 Å². The summed E-state index contributed by atoms with van der Waals surface area (Å²) in [6.45, 7) is 2.65. The van der Waals surface area contributed by atoms with Crippen LogP contribution in [-0.2, 0) is 14.3 Å². The third-order valence-electron chi connectivity index (χ3n) is 1.35. The molecule has 0 aliphatic heterocycles. The molecular weight excluding hydrogens is 201 g/mol. The summed E-state index contributed by atoms with van der Waals surface area (Å²) in [4.78, 5) is 10.2. The third-order valence-corrected chi connectivity index (χ3v) is 1.35. The molecule has 0 aliphatic carbocycles. The van der Waals surface area contributed by atoms with E-state index in [1.165, 1.54) is 0 Å². The monoisotopic (exact) mass is 214 g/mol. The van der Waals surface area contributed by atoms with Crippen molar-refractivity contribution in [3.05, 3.63) is 0 Å². The van der Waals surface area contributed by atoms with Gasteiger partial charge in [-0.2, -0.15) is 13.2 Å². The molecule has 84 valence electrons. The van der Waals surface area contributed by atoms with E-state index in [1.54, 1.807) is 0 Å². The number of hydrogen-bond acceptors (Lipinski definition) is 3. The highest BCUT2D eigenvalue weighted by atomic mass is 19.4. The quantitative estimate of drug-likeness (QED) is 0.500. The van der Waals surface area contributed by atoms with Gasteiger partial charge < -0.3 is 9.47 Å². The second kappa shape index (κ2) is 6.64. The first kappa shape index (κ1) is 13.2. The number of unbranched alkanes of at least 4 members (excludes halogenated alkanes) is 1. The van der Waals surface area contributed by atoms with E-state index in [2.05, 4.69) is 4.74 Å². The Bertz CT molecular complexity index is 168. The van der Waals surface area contributed by atoms with Crippen molar-refractivity contribution < 1.29 is 27.4 Å². The van der Waals surface area contributed by atoms with E-state index in [4.69, 9.17) is 4.74 Å². The summed E-state index contributed by atoms with van der Waals surface area (Å²) in [5, 5.41) is 0. The van der Waals surface area contributed by atoms with Crippen LogP contribution in [-0.4, -0.2) is 32.0 Å². The van der Waals surface area contributed by atoms with Crippen molar-refractivity contribution in [1.82, 2.24) is 0 Å². The normalized spacial score (nSPS) is 11.4. The van der Waals surface area contributed by atoms with Gasteiger partial charge in [0, 0.05) is 13.2 Å². The first-order chi connectivity index (χ1) is 6.48. The average Bonchev–Trinajstić information content (AvgIpc) is 2.09. The Hall–Kier alpha value is -0.780. The lowest BCUT2D eigenvalue weighted by molar-refractivity contribution is -0.199. The molecule has 3 nitrogen and oxygen atoms in total. The third kappa shape index (κ3) is 6.71. The molecule has 0 aliphatic rings. The summed E-state index contributed by atoms with van der Waals surface area (Å²) in [7, 11) is 0. The first-order valence-electron chi connectivity index (χ1n) is 4.30.